The summed E-state index contributed by atoms with van der Waals surface area (Å²) in [6.45, 7) is 0.633. The molecule has 9 heteroatoms. The predicted molar refractivity (Wildman–Crippen MR) is 104 cm³/mol. The van der Waals surface area contributed by atoms with Crippen LogP contribution in [0.25, 0.3) is 10.9 Å². The molecule has 144 valence electrons. The first-order valence-electron chi connectivity index (χ1n) is 7.93. The number of halogens is 1. The minimum absolute atomic E-state index is 0.558. The number of carbonyl (C=O) groups is 3. The smallest absolute Gasteiger partial charge is 0.328 e. The Morgan fingerprint density at radius 2 is 1.86 bits per heavy atom. The van der Waals surface area contributed by atoms with Gasteiger partial charge >= 0.3 is 11.9 Å². The van der Waals surface area contributed by atoms with Crippen molar-refractivity contribution >= 4 is 40.7 Å². The number of fused-ring (bicyclic) bond motifs is 1. The van der Waals surface area contributed by atoms with E-state index >= 15 is 0 Å². The number of aliphatic carboxylic acids is 2. The van der Waals surface area contributed by atoms with Crippen molar-refractivity contribution in [2.75, 3.05) is 5.43 Å². The number of nitrogens with zero attached hydrogens (tertiary/aromatic N) is 2. The van der Waals surface area contributed by atoms with Crippen LogP contribution in [0.4, 0.5) is 0 Å². The molecule has 8 nitrogen and oxygen atoms in total. The molecule has 0 saturated carbocycles. The second-order valence-corrected chi connectivity index (χ2v) is 5.88. The molecule has 0 aliphatic heterocycles. The van der Waals surface area contributed by atoms with E-state index < -0.39 is 11.9 Å². The maximum atomic E-state index is 10.6. The highest BCUT2D eigenvalue weighted by atomic mass is 35.5. The number of rotatable bonds is 6. The summed E-state index contributed by atoms with van der Waals surface area (Å²) in [6.07, 6.45) is 7.26. The lowest BCUT2D eigenvalue weighted by Gasteiger charge is -2.10. The molecule has 0 atom stereocenters. The number of carboxylic acids is 2. The summed E-state index contributed by atoms with van der Waals surface area (Å²) in [5, 5.41) is 17.4. The minimum atomic E-state index is -1.26. The molecular formula is C19H16ClN3O5. The molecule has 2 heterocycles. The molecule has 0 fully saturated rings. The van der Waals surface area contributed by atoms with Gasteiger partial charge in [0, 0.05) is 46.7 Å². The van der Waals surface area contributed by atoms with Crippen LogP contribution >= 0.6 is 11.6 Å². The molecule has 0 aliphatic carbocycles. The first-order valence-corrected chi connectivity index (χ1v) is 8.31. The zero-order valence-electron chi connectivity index (χ0n) is 14.4. The van der Waals surface area contributed by atoms with Crippen molar-refractivity contribution in [2.24, 2.45) is 0 Å². The minimum Gasteiger partial charge on any atom is -0.478 e. The summed E-state index contributed by atoms with van der Waals surface area (Å²) in [6, 6.07) is 9.39. The van der Waals surface area contributed by atoms with E-state index in [2.05, 4.69) is 10.4 Å². The van der Waals surface area contributed by atoms with Gasteiger partial charge in [-0.25, -0.2) is 9.59 Å². The summed E-state index contributed by atoms with van der Waals surface area (Å²) in [5.74, 6) is -2.51. The standard InChI is InChI=1S/C15H12ClN3O.C4H4O4/c16-13-1-2-14-12(3-5-17-15(14)7-13)8-18-19-6-4-11(9-19)10-20;5-3(6)1-2-4(7)8/h1-7,9-10,18H,8H2;1-2H,(H,5,6)(H,7,8). The normalized spacial score (nSPS) is 10.3. The molecule has 0 spiro atoms. The molecule has 0 bridgehead atoms. The Kier molecular flexibility index (Phi) is 7.29. The van der Waals surface area contributed by atoms with Crippen molar-refractivity contribution < 1.29 is 24.6 Å². The molecule has 0 aliphatic rings. The quantitative estimate of drug-likeness (QED) is 0.428. The lowest BCUT2D eigenvalue weighted by molar-refractivity contribution is -0.134. The number of carboxylic acid groups (broad SMARTS) is 2. The average molecular weight is 402 g/mol. The molecule has 28 heavy (non-hydrogen) atoms. The summed E-state index contributed by atoms with van der Waals surface area (Å²) in [7, 11) is 0. The number of hydrogen-bond acceptors (Lipinski definition) is 5. The third-order valence-corrected chi connectivity index (χ3v) is 3.70. The average Bonchev–Trinajstić information content (AvgIpc) is 3.13. The second-order valence-electron chi connectivity index (χ2n) is 5.45. The number of hydrogen-bond donors (Lipinski definition) is 3. The van der Waals surface area contributed by atoms with Gasteiger partial charge in [0.05, 0.1) is 12.1 Å². The number of aromatic nitrogens is 2. The lowest BCUT2D eigenvalue weighted by atomic mass is 10.1. The first kappa shape index (κ1) is 20.7. The Morgan fingerprint density at radius 3 is 2.46 bits per heavy atom. The SMILES string of the molecule is O=C(O)C=CC(=O)O.O=Cc1ccn(NCc2ccnc3cc(Cl)ccc23)c1. The fraction of sp³-hybridized carbons (Fsp3) is 0.0526. The van der Waals surface area contributed by atoms with Crippen LogP contribution < -0.4 is 5.43 Å². The highest BCUT2D eigenvalue weighted by Crippen LogP contribution is 2.20. The van der Waals surface area contributed by atoms with E-state index in [-0.39, 0.29) is 0 Å². The van der Waals surface area contributed by atoms with Crippen molar-refractivity contribution in [3.63, 3.8) is 0 Å². The van der Waals surface area contributed by atoms with Crippen LogP contribution in [0.1, 0.15) is 15.9 Å². The van der Waals surface area contributed by atoms with Crippen LogP contribution in [0.2, 0.25) is 5.02 Å². The van der Waals surface area contributed by atoms with Crippen molar-refractivity contribution in [1.29, 1.82) is 0 Å². The fourth-order valence-corrected chi connectivity index (χ4v) is 2.40. The topological polar surface area (TPSA) is 122 Å². The van der Waals surface area contributed by atoms with Gasteiger partial charge in [0.1, 0.15) is 0 Å². The Morgan fingerprint density at radius 1 is 1.14 bits per heavy atom. The van der Waals surface area contributed by atoms with E-state index in [1.54, 1.807) is 23.1 Å². The molecule has 3 aromatic rings. The molecule has 0 radical (unpaired) electrons. The molecule has 3 rings (SSSR count). The number of benzene rings is 1. The van der Waals surface area contributed by atoms with Gasteiger partial charge in [-0.15, -0.1) is 0 Å². The van der Waals surface area contributed by atoms with Crippen molar-refractivity contribution in [1.82, 2.24) is 9.66 Å². The van der Waals surface area contributed by atoms with Crippen LogP contribution in [-0.2, 0) is 16.1 Å². The molecule has 0 unspecified atom stereocenters. The molecule has 2 aromatic heterocycles. The summed E-state index contributed by atoms with van der Waals surface area (Å²) in [4.78, 5) is 34.1. The van der Waals surface area contributed by atoms with E-state index in [0.29, 0.717) is 29.3 Å². The molecule has 0 amide bonds. The highest BCUT2D eigenvalue weighted by molar-refractivity contribution is 6.31. The second kappa shape index (κ2) is 9.89. The number of nitrogens with one attached hydrogen (secondary N) is 1. The van der Waals surface area contributed by atoms with Crippen LogP contribution in [0.5, 0.6) is 0 Å². The van der Waals surface area contributed by atoms with Gasteiger partial charge in [-0.05, 0) is 29.8 Å². The Labute approximate surface area is 164 Å². The van der Waals surface area contributed by atoms with Crippen LogP contribution in [0, 0.1) is 0 Å². The molecule has 0 saturated heterocycles. The van der Waals surface area contributed by atoms with Gasteiger partial charge in [0.15, 0.2) is 6.29 Å². The summed E-state index contributed by atoms with van der Waals surface area (Å²) < 4.78 is 1.77. The van der Waals surface area contributed by atoms with Gasteiger partial charge < -0.3 is 15.6 Å². The maximum Gasteiger partial charge on any atom is 0.328 e. The maximum absolute atomic E-state index is 10.6. The number of aldehydes is 1. The first-order chi connectivity index (χ1) is 13.4. The van der Waals surface area contributed by atoms with E-state index in [0.717, 1.165) is 22.8 Å². The largest absolute Gasteiger partial charge is 0.478 e. The zero-order valence-corrected chi connectivity index (χ0v) is 15.2. The zero-order chi connectivity index (χ0) is 20.5. The lowest BCUT2D eigenvalue weighted by Crippen LogP contribution is -2.12. The fourth-order valence-electron chi connectivity index (χ4n) is 2.23. The molecule has 3 N–H and O–H groups in total. The Hall–Kier alpha value is -3.65. The predicted octanol–water partition coefficient (Wildman–Crippen LogP) is 2.96. The highest BCUT2D eigenvalue weighted by Gasteiger charge is 2.03. The van der Waals surface area contributed by atoms with Gasteiger partial charge in [0.25, 0.3) is 0 Å². The Bertz CT molecular complexity index is 1010. The van der Waals surface area contributed by atoms with E-state index in [9.17, 15) is 14.4 Å². The van der Waals surface area contributed by atoms with E-state index in [1.165, 1.54) is 0 Å². The van der Waals surface area contributed by atoms with Gasteiger partial charge in [-0.3, -0.25) is 14.5 Å². The molecular weight excluding hydrogens is 386 g/mol. The van der Waals surface area contributed by atoms with Crippen molar-refractivity contribution in [3.8, 4) is 0 Å². The van der Waals surface area contributed by atoms with E-state index in [4.69, 9.17) is 21.8 Å². The monoisotopic (exact) mass is 401 g/mol. The summed E-state index contributed by atoms with van der Waals surface area (Å²) >= 11 is 5.97. The van der Waals surface area contributed by atoms with Crippen molar-refractivity contribution in [2.45, 2.75) is 6.54 Å². The molecule has 1 aromatic carbocycles. The van der Waals surface area contributed by atoms with Gasteiger partial charge in [-0.2, -0.15) is 0 Å². The van der Waals surface area contributed by atoms with Crippen LogP contribution in [0.15, 0.2) is 61.1 Å². The summed E-state index contributed by atoms with van der Waals surface area (Å²) in [5.41, 5.74) is 5.85. The van der Waals surface area contributed by atoms with E-state index in [1.807, 2.05) is 30.5 Å². The number of pyridine rings is 1. The third-order valence-electron chi connectivity index (χ3n) is 3.47. The van der Waals surface area contributed by atoms with Crippen molar-refractivity contribution in [3.05, 3.63) is 77.2 Å². The third kappa shape index (κ3) is 6.26. The van der Waals surface area contributed by atoms with Gasteiger partial charge in [0.2, 0.25) is 0 Å². The van der Waals surface area contributed by atoms with Crippen LogP contribution in [-0.4, -0.2) is 38.1 Å². The Balaban J connectivity index is 0.000000300. The number of carbonyl (C=O) groups excluding carboxylic acids is 1. The van der Waals surface area contributed by atoms with Gasteiger partial charge in [-0.1, -0.05) is 17.7 Å². The van der Waals surface area contributed by atoms with Crippen LogP contribution in [0.3, 0.4) is 0 Å².